The van der Waals surface area contributed by atoms with Gasteiger partial charge in [-0.15, -0.1) is 0 Å². The van der Waals surface area contributed by atoms with Crippen molar-refractivity contribution in [1.82, 2.24) is 0 Å². The van der Waals surface area contributed by atoms with Crippen LogP contribution in [-0.2, 0) is 15.5 Å². The topological polar surface area (TPSA) is 43.4 Å². The summed E-state index contributed by atoms with van der Waals surface area (Å²) >= 11 is 0. The van der Waals surface area contributed by atoms with E-state index in [4.69, 9.17) is 4.52 Å². The summed E-state index contributed by atoms with van der Waals surface area (Å²) in [7, 11) is -2.23. The molecule has 0 saturated carbocycles. The maximum absolute atomic E-state index is 13.1. The zero-order valence-electron chi connectivity index (χ0n) is 17.2. The molecular formula is C24H33O3P. The molecule has 0 radical (unpaired) electrons. The molecule has 4 heteroatoms. The van der Waals surface area contributed by atoms with E-state index in [-0.39, 0.29) is 0 Å². The zero-order chi connectivity index (χ0) is 20.2. The highest BCUT2D eigenvalue weighted by molar-refractivity contribution is 7.83. The van der Waals surface area contributed by atoms with Gasteiger partial charge in [0.15, 0.2) is 0 Å². The average molecular weight is 400 g/mol. The van der Waals surface area contributed by atoms with E-state index >= 15 is 0 Å². The second kappa shape index (κ2) is 12.0. The normalized spacial score (nSPS) is 13.2. The Morgan fingerprint density at radius 2 is 1.39 bits per heavy atom. The lowest BCUT2D eigenvalue weighted by atomic mass is 10.0. The second-order valence-corrected chi connectivity index (χ2v) is 9.69. The van der Waals surface area contributed by atoms with E-state index in [2.05, 4.69) is 6.92 Å². The Kier molecular flexibility index (Phi) is 9.67. The molecule has 0 aliphatic heterocycles. The van der Waals surface area contributed by atoms with E-state index in [0.717, 1.165) is 6.42 Å². The van der Waals surface area contributed by atoms with Crippen LogP contribution >= 0.6 is 7.37 Å². The fraction of sp³-hybridized carbons (Fsp3) is 0.458. The van der Waals surface area contributed by atoms with Crippen molar-refractivity contribution in [1.29, 1.82) is 0 Å². The summed E-state index contributed by atoms with van der Waals surface area (Å²) in [4.78, 5) is 12.8. The molecule has 0 aromatic heterocycles. The van der Waals surface area contributed by atoms with Crippen molar-refractivity contribution in [2.75, 3.05) is 7.11 Å². The predicted molar refractivity (Wildman–Crippen MR) is 118 cm³/mol. The van der Waals surface area contributed by atoms with E-state index in [1.54, 1.807) is 36.4 Å². The van der Waals surface area contributed by atoms with Gasteiger partial charge in [-0.3, -0.25) is 9.36 Å². The molecule has 0 bridgehead atoms. The molecule has 1 unspecified atom stereocenters. The van der Waals surface area contributed by atoms with Crippen LogP contribution in [0.1, 0.15) is 74.2 Å². The second-order valence-electron chi connectivity index (χ2n) is 7.30. The van der Waals surface area contributed by atoms with Gasteiger partial charge in [-0.05, 0) is 30.5 Å². The Hall–Kier alpha value is -1.70. The van der Waals surface area contributed by atoms with Crippen molar-refractivity contribution in [2.45, 2.75) is 64.7 Å². The van der Waals surface area contributed by atoms with Crippen LogP contribution in [-0.4, -0.2) is 12.6 Å². The Balaban J connectivity index is 1.86. The predicted octanol–water partition coefficient (Wildman–Crippen LogP) is 6.76. The third-order valence-corrected chi connectivity index (χ3v) is 7.43. The first kappa shape index (κ1) is 22.6. The SMILES string of the molecule is CCCCCCCCCCc1ccc(C(=O)P(=O)(OC)c2ccccc2)cc1. The van der Waals surface area contributed by atoms with Gasteiger partial charge in [0.25, 0.3) is 5.52 Å². The van der Waals surface area contributed by atoms with Crippen molar-refractivity contribution >= 4 is 18.2 Å². The van der Waals surface area contributed by atoms with Gasteiger partial charge in [0, 0.05) is 18.0 Å². The number of unbranched alkanes of at least 4 members (excludes halogenated alkanes) is 7. The maximum Gasteiger partial charge on any atom is 0.300 e. The lowest BCUT2D eigenvalue weighted by Gasteiger charge is -2.15. The van der Waals surface area contributed by atoms with Crippen molar-refractivity contribution < 1.29 is 13.9 Å². The molecule has 0 heterocycles. The summed E-state index contributed by atoms with van der Waals surface area (Å²) in [6.45, 7) is 2.24. The lowest BCUT2D eigenvalue weighted by molar-refractivity contribution is 0.106. The number of carbonyl (C=O) groups is 1. The summed E-state index contributed by atoms with van der Waals surface area (Å²) in [5.41, 5.74) is 1.21. The molecule has 0 saturated heterocycles. The Morgan fingerprint density at radius 3 is 1.96 bits per heavy atom. The third-order valence-electron chi connectivity index (χ3n) is 5.14. The minimum atomic E-state index is -3.56. The van der Waals surface area contributed by atoms with Crippen LogP contribution in [0.5, 0.6) is 0 Å². The minimum Gasteiger partial charge on any atom is -0.323 e. The molecule has 2 aromatic rings. The zero-order valence-corrected chi connectivity index (χ0v) is 18.1. The molecule has 2 aromatic carbocycles. The molecule has 0 N–H and O–H groups in total. The van der Waals surface area contributed by atoms with Crippen molar-refractivity contribution in [2.24, 2.45) is 0 Å². The van der Waals surface area contributed by atoms with Crippen molar-refractivity contribution in [3.05, 3.63) is 65.7 Å². The fourth-order valence-electron chi connectivity index (χ4n) is 3.38. The van der Waals surface area contributed by atoms with Gasteiger partial charge in [0.1, 0.15) is 0 Å². The van der Waals surface area contributed by atoms with E-state index in [1.165, 1.54) is 64.0 Å². The number of benzene rings is 2. The van der Waals surface area contributed by atoms with Gasteiger partial charge in [-0.1, -0.05) is 94.3 Å². The lowest BCUT2D eigenvalue weighted by Crippen LogP contribution is -2.14. The quantitative estimate of drug-likeness (QED) is 0.276. The Bertz CT molecular complexity index is 753. The molecular weight excluding hydrogens is 367 g/mol. The van der Waals surface area contributed by atoms with Crippen molar-refractivity contribution in [3.8, 4) is 0 Å². The summed E-state index contributed by atoms with van der Waals surface area (Å²) in [6.07, 6.45) is 11.4. The highest BCUT2D eigenvalue weighted by atomic mass is 31.2. The molecule has 0 aliphatic carbocycles. The van der Waals surface area contributed by atoms with E-state index in [9.17, 15) is 9.36 Å². The van der Waals surface area contributed by atoms with Gasteiger partial charge in [0.2, 0.25) is 0 Å². The molecule has 0 aliphatic rings. The summed E-state index contributed by atoms with van der Waals surface area (Å²) in [5, 5.41) is 0.436. The first-order valence-corrected chi connectivity index (χ1v) is 12.1. The van der Waals surface area contributed by atoms with Gasteiger partial charge in [-0.25, -0.2) is 0 Å². The van der Waals surface area contributed by atoms with Crippen LogP contribution in [0.2, 0.25) is 0 Å². The van der Waals surface area contributed by atoms with Crippen LogP contribution in [0.15, 0.2) is 54.6 Å². The maximum atomic E-state index is 13.1. The van der Waals surface area contributed by atoms with Crippen molar-refractivity contribution in [3.63, 3.8) is 0 Å². The number of rotatable bonds is 13. The summed E-state index contributed by atoms with van der Waals surface area (Å²) in [6, 6.07) is 16.2. The molecule has 28 heavy (non-hydrogen) atoms. The first-order valence-electron chi connectivity index (χ1n) is 10.5. The van der Waals surface area contributed by atoms with Gasteiger partial charge in [0.05, 0.1) is 0 Å². The number of hydrogen-bond donors (Lipinski definition) is 0. The standard InChI is InChI=1S/C24H33O3P/c1-3-4-5-6-7-8-9-11-14-21-17-19-22(20-18-21)24(25)28(26,27-2)23-15-12-10-13-16-23/h10,12-13,15-20H,3-9,11,14H2,1-2H3. The molecule has 0 amide bonds. The summed E-state index contributed by atoms with van der Waals surface area (Å²) in [5.74, 6) is 0. The molecule has 1 atom stereocenters. The smallest absolute Gasteiger partial charge is 0.300 e. The number of carbonyl (C=O) groups excluding carboxylic acids is 1. The van der Waals surface area contributed by atoms with Gasteiger partial charge < -0.3 is 4.52 Å². The summed E-state index contributed by atoms with van der Waals surface area (Å²) < 4.78 is 18.3. The Labute approximate surface area is 170 Å². The van der Waals surface area contributed by atoms with Crippen LogP contribution < -0.4 is 5.30 Å². The molecule has 152 valence electrons. The highest BCUT2D eigenvalue weighted by Crippen LogP contribution is 2.48. The van der Waals surface area contributed by atoms with Crippen LogP contribution in [0.25, 0.3) is 0 Å². The van der Waals surface area contributed by atoms with E-state index in [1.807, 2.05) is 18.2 Å². The van der Waals surface area contributed by atoms with Gasteiger partial charge in [-0.2, -0.15) is 0 Å². The molecule has 0 fully saturated rings. The van der Waals surface area contributed by atoms with E-state index in [0.29, 0.717) is 10.9 Å². The highest BCUT2D eigenvalue weighted by Gasteiger charge is 2.34. The minimum absolute atomic E-state index is 0.436. The molecule has 2 rings (SSSR count). The average Bonchev–Trinajstić information content (AvgIpc) is 2.75. The monoisotopic (exact) mass is 400 g/mol. The number of aryl methyl sites for hydroxylation is 1. The largest absolute Gasteiger partial charge is 0.323 e. The first-order chi connectivity index (χ1) is 13.6. The van der Waals surface area contributed by atoms with Crippen LogP contribution in [0, 0.1) is 0 Å². The van der Waals surface area contributed by atoms with E-state index < -0.39 is 12.9 Å². The molecule has 3 nitrogen and oxygen atoms in total. The Morgan fingerprint density at radius 1 is 0.821 bits per heavy atom. The number of hydrogen-bond acceptors (Lipinski definition) is 3. The van der Waals surface area contributed by atoms with Gasteiger partial charge >= 0.3 is 7.37 Å². The van der Waals surface area contributed by atoms with Crippen LogP contribution in [0.4, 0.5) is 0 Å². The third kappa shape index (κ3) is 6.43. The van der Waals surface area contributed by atoms with Crippen LogP contribution in [0.3, 0.4) is 0 Å². The fourth-order valence-corrected chi connectivity index (χ4v) is 5.04. The molecule has 0 spiro atoms.